The first kappa shape index (κ1) is 8.87. The molecular weight excluding hydrogens is 68.0 g/mol. The molecule has 5 heavy (non-hydrogen) atoms. The summed E-state index contributed by atoms with van der Waals surface area (Å²) in [4.78, 5) is 0. The standard InChI is InChI=1S/C2H5O.CH4O/c1-3-2;1-2/h1H2,2H3;2H,1H3. The Morgan fingerprint density at radius 3 is 1.60 bits per heavy atom. The molecule has 0 heterocycles. The van der Waals surface area contributed by atoms with Crippen LogP contribution in [0.2, 0.25) is 0 Å². The van der Waals surface area contributed by atoms with Crippen LogP contribution < -0.4 is 0 Å². The van der Waals surface area contributed by atoms with Crippen LogP contribution in [0.4, 0.5) is 0 Å². The van der Waals surface area contributed by atoms with Gasteiger partial charge in [-0.25, -0.2) is 0 Å². The smallest absolute Gasteiger partial charge is 0.0696 e. The summed E-state index contributed by atoms with van der Waals surface area (Å²) >= 11 is 0. The third-order valence-electron chi connectivity index (χ3n) is 0. The van der Waals surface area contributed by atoms with Crippen molar-refractivity contribution in [2.45, 2.75) is 0 Å². The maximum atomic E-state index is 7.00. The molecule has 0 saturated heterocycles. The summed E-state index contributed by atoms with van der Waals surface area (Å²) in [7, 11) is 5.50. The molecule has 0 fully saturated rings. The topological polar surface area (TPSA) is 29.5 Å². The number of methoxy groups -OCH3 is 1. The van der Waals surface area contributed by atoms with Gasteiger partial charge in [0.2, 0.25) is 0 Å². The predicted octanol–water partition coefficient (Wildman–Crippen LogP) is 0.0329. The number of hydrogen-bond donors (Lipinski definition) is 1. The molecule has 0 amide bonds. The maximum absolute atomic E-state index is 7.00. The van der Waals surface area contributed by atoms with E-state index in [-0.39, 0.29) is 0 Å². The molecule has 0 bridgehead atoms. The van der Waals surface area contributed by atoms with Crippen molar-refractivity contribution in [3.05, 3.63) is 7.11 Å². The SMILES string of the molecule is CO.[CH2]OC. The summed E-state index contributed by atoms with van der Waals surface area (Å²) < 4.78 is 4.00. The van der Waals surface area contributed by atoms with Crippen LogP contribution >= 0.6 is 0 Å². The Balaban J connectivity index is 0. The van der Waals surface area contributed by atoms with Gasteiger partial charge in [-0.15, -0.1) is 0 Å². The zero-order chi connectivity index (χ0) is 4.71. The Kier molecular flexibility index (Phi) is 70.0. The summed E-state index contributed by atoms with van der Waals surface area (Å²) in [6.45, 7) is 0. The van der Waals surface area contributed by atoms with Crippen molar-refractivity contribution in [2.75, 3.05) is 14.2 Å². The van der Waals surface area contributed by atoms with Gasteiger partial charge in [0.15, 0.2) is 0 Å². The third-order valence-corrected chi connectivity index (χ3v) is 0. The molecule has 2 nitrogen and oxygen atoms in total. The molecule has 0 unspecified atom stereocenters. The van der Waals surface area contributed by atoms with Crippen LogP contribution in [0.25, 0.3) is 0 Å². The summed E-state index contributed by atoms with van der Waals surface area (Å²) in [5, 5.41) is 7.00. The van der Waals surface area contributed by atoms with Gasteiger partial charge in [0.05, 0.1) is 7.11 Å². The van der Waals surface area contributed by atoms with Crippen molar-refractivity contribution in [2.24, 2.45) is 0 Å². The van der Waals surface area contributed by atoms with E-state index in [1.165, 1.54) is 7.11 Å². The van der Waals surface area contributed by atoms with Gasteiger partial charge in [0.1, 0.15) is 0 Å². The van der Waals surface area contributed by atoms with E-state index in [4.69, 9.17) is 5.11 Å². The summed E-state index contributed by atoms with van der Waals surface area (Å²) in [6, 6.07) is 0. The summed E-state index contributed by atoms with van der Waals surface area (Å²) in [6.07, 6.45) is 0. The number of aliphatic hydroxyl groups is 1. The van der Waals surface area contributed by atoms with Gasteiger partial charge in [-0.1, -0.05) is 0 Å². The predicted molar refractivity (Wildman–Crippen MR) is 20.5 cm³/mol. The molecule has 0 aromatic carbocycles. The second-order valence-corrected chi connectivity index (χ2v) is 0.289. The highest BCUT2D eigenvalue weighted by molar-refractivity contribution is 3.81. The Bertz CT molecular complexity index is 4.85. The highest BCUT2D eigenvalue weighted by Crippen LogP contribution is 1.36. The molecule has 0 atom stereocenters. The van der Waals surface area contributed by atoms with E-state index >= 15 is 0 Å². The number of aliphatic hydroxyl groups excluding tert-OH is 1. The molecule has 1 N–H and O–H groups in total. The molecule has 0 aromatic rings. The molecule has 0 aliphatic carbocycles. The molecular formula is C3H9O2. The zero-order valence-corrected chi connectivity index (χ0v) is 3.56. The minimum absolute atomic E-state index is 1.00. The molecule has 0 aliphatic rings. The van der Waals surface area contributed by atoms with Gasteiger partial charge in [-0.2, -0.15) is 0 Å². The largest absolute Gasteiger partial charge is 0.400 e. The van der Waals surface area contributed by atoms with Crippen molar-refractivity contribution >= 4 is 0 Å². The van der Waals surface area contributed by atoms with E-state index in [0.29, 0.717) is 0 Å². The first-order valence-corrected chi connectivity index (χ1v) is 1.14. The van der Waals surface area contributed by atoms with E-state index in [1.807, 2.05) is 0 Å². The second-order valence-electron chi connectivity index (χ2n) is 0.289. The van der Waals surface area contributed by atoms with Crippen molar-refractivity contribution in [1.29, 1.82) is 0 Å². The fourth-order valence-electron chi connectivity index (χ4n) is 0. The highest BCUT2D eigenvalue weighted by Gasteiger charge is 1.27. The van der Waals surface area contributed by atoms with Gasteiger partial charge in [-0.05, 0) is 0 Å². The monoisotopic (exact) mass is 77.1 g/mol. The summed E-state index contributed by atoms with van der Waals surface area (Å²) in [5.41, 5.74) is 0. The van der Waals surface area contributed by atoms with Crippen LogP contribution in [0.1, 0.15) is 0 Å². The first-order chi connectivity index (χ1) is 2.41. The van der Waals surface area contributed by atoms with Crippen molar-refractivity contribution in [3.63, 3.8) is 0 Å². The Morgan fingerprint density at radius 1 is 1.60 bits per heavy atom. The van der Waals surface area contributed by atoms with Gasteiger partial charge in [0, 0.05) is 14.2 Å². The lowest BCUT2D eigenvalue weighted by Gasteiger charge is -1.60. The van der Waals surface area contributed by atoms with E-state index in [1.54, 1.807) is 0 Å². The van der Waals surface area contributed by atoms with E-state index in [0.717, 1.165) is 7.11 Å². The molecule has 0 rings (SSSR count). The minimum atomic E-state index is 1.00. The number of rotatable bonds is 0. The van der Waals surface area contributed by atoms with E-state index in [2.05, 4.69) is 11.8 Å². The Labute approximate surface area is 32.4 Å². The van der Waals surface area contributed by atoms with Crippen LogP contribution in [-0.2, 0) is 4.74 Å². The van der Waals surface area contributed by atoms with Crippen LogP contribution in [0.15, 0.2) is 0 Å². The molecule has 1 radical (unpaired) electrons. The second kappa shape index (κ2) is 39.5. The lowest BCUT2D eigenvalue weighted by molar-refractivity contribution is 0.329. The molecule has 2 heteroatoms. The van der Waals surface area contributed by atoms with Crippen LogP contribution in [0.3, 0.4) is 0 Å². The third kappa shape index (κ3) is 2260. The normalized spacial score (nSPS) is 4.80. The fraction of sp³-hybridized carbons (Fsp3) is 0.667. The highest BCUT2D eigenvalue weighted by atomic mass is 16.4. The minimum Gasteiger partial charge on any atom is -0.400 e. The van der Waals surface area contributed by atoms with Gasteiger partial charge in [0.25, 0.3) is 0 Å². The molecule has 0 aromatic heterocycles. The number of hydrogen-bond acceptors (Lipinski definition) is 2. The van der Waals surface area contributed by atoms with Crippen molar-refractivity contribution in [3.8, 4) is 0 Å². The maximum Gasteiger partial charge on any atom is 0.0696 e. The molecule has 0 spiro atoms. The van der Waals surface area contributed by atoms with Crippen LogP contribution in [-0.4, -0.2) is 19.3 Å². The Morgan fingerprint density at radius 2 is 1.60 bits per heavy atom. The molecule has 0 saturated carbocycles. The zero-order valence-electron chi connectivity index (χ0n) is 3.56. The van der Waals surface area contributed by atoms with Gasteiger partial charge >= 0.3 is 0 Å². The molecule has 33 valence electrons. The first-order valence-electron chi connectivity index (χ1n) is 1.14. The Hall–Kier alpha value is -0.0800. The number of ether oxygens (including phenoxy) is 1. The summed E-state index contributed by atoms with van der Waals surface area (Å²) in [5.74, 6) is 0. The molecule has 0 aliphatic heterocycles. The van der Waals surface area contributed by atoms with Crippen LogP contribution in [0, 0.1) is 7.11 Å². The van der Waals surface area contributed by atoms with Gasteiger partial charge < -0.3 is 9.84 Å². The van der Waals surface area contributed by atoms with Gasteiger partial charge in [-0.3, -0.25) is 0 Å². The quantitative estimate of drug-likeness (QED) is 0.442. The van der Waals surface area contributed by atoms with E-state index < -0.39 is 0 Å². The van der Waals surface area contributed by atoms with Crippen molar-refractivity contribution in [1.82, 2.24) is 0 Å². The van der Waals surface area contributed by atoms with Crippen LogP contribution in [0.5, 0.6) is 0 Å². The lowest BCUT2D eigenvalue weighted by Crippen LogP contribution is -1.49. The average Bonchev–Trinajstić information content (AvgIpc) is 1.46. The lowest BCUT2D eigenvalue weighted by atomic mass is 11.6. The fourth-order valence-corrected chi connectivity index (χ4v) is 0. The average molecular weight is 77.1 g/mol. The van der Waals surface area contributed by atoms with Crippen molar-refractivity contribution < 1.29 is 9.84 Å². The van der Waals surface area contributed by atoms with E-state index in [9.17, 15) is 0 Å².